The van der Waals surface area contributed by atoms with Gasteiger partial charge in [0.15, 0.2) is 0 Å². The van der Waals surface area contributed by atoms with E-state index in [1.165, 1.54) is 6.92 Å². The number of likely N-dealkylation sites (tertiary alicyclic amines) is 2. The molecule has 196 valence electrons. The molecule has 2 aromatic rings. The smallest absolute Gasteiger partial charge is 0.308 e. The normalized spacial score (nSPS) is 16.8. The number of benzene rings is 2. The Morgan fingerprint density at radius 3 is 2.30 bits per heavy atom. The lowest BCUT2D eigenvalue weighted by atomic mass is 9.78. The van der Waals surface area contributed by atoms with Crippen LogP contribution in [0.3, 0.4) is 0 Å². The summed E-state index contributed by atoms with van der Waals surface area (Å²) < 4.78 is 10.7. The Bertz CT molecular complexity index is 1130. The van der Waals surface area contributed by atoms with E-state index in [2.05, 4.69) is 0 Å². The molecule has 0 bridgehead atoms. The van der Waals surface area contributed by atoms with Gasteiger partial charge in [-0.25, -0.2) is 0 Å². The van der Waals surface area contributed by atoms with E-state index in [0.717, 1.165) is 49.2 Å². The molecule has 7 heteroatoms. The van der Waals surface area contributed by atoms with Crippen LogP contribution in [-0.4, -0.2) is 60.4 Å². The number of rotatable bonds is 8. The van der Waals surface area contributed by atoms with Crippen LogP contribution in [0.1, 0.15) is 50.7 Å². The molecule has 4 rings (SSSR count). The van der Waals surface area contributed by atoms with Gasteiger partial charge in [0.2, 0.25) is 11.8 Å². The molecule has 7 nitrogen and oxygen atoms in total. The summed E-state index contributed by atoms with van der Waals surface area (Å²) in [4.78, 5) is 40.7. The summed E-state index contributed by atoms with van der Waals surface area (Å²) in [5.74, 6) is 1.14. The van der Waals surface area contributed by atoms with Gasteiger partial charge in [-0.05, 0) is 67.9 Å². The first-order valence-corrected chi connectivity index (χ1v) is 13.1. The van der Waals surface area contributed by atoms with Crippen LogP contribution in [0.25, 0.3) is 6.08 Å². The molecule has 2 fully saturated rings. The van der Waals surface area contributed by atoms with E-state index in [4.69, 9.17) is 9.47 Å². The number of amides is 2. The van der Waals surface area contributed by atoms with Crippen molar-refractivity contribution in [3.8, 4) is 11.5 Å². The zero-order valence-electron chi connectivity index (χ0n) is 21.8. The third-order valence-electron chi connectivity index (χ3n) is 7.36. The Hall–Kier alpha value is -3.61. The minimum Gasteiger partial charge on any atom is -0.493 e. The van der Waals surface area contributed by atoms with Crippen molar-refractivity contribution in [3.05, 3.63) is 65.7 Å². The van der Waals surface area contributed by atoms with E-state index in [-0.39, 0.29) is 23.2 Å². The second-order valence-electron chi connectivity index (χ2n) is 9.93. The van der Waals surface area contributed by atoms with Crippen molar-refractivity contribution in [2.24, 2.45) is 5.41 Å². The average Bonchev–Trinajstić information content (AvgIpc) is 3.31. The van der Waals surface area contributed by atoms with Crippen molar-refractivity contribution < 1.29 is 23.9 Å². The highest BCUT2D eigenvalue weighted by molar-refractivity contribution is 5.92. The van der Waals surface area contributed by atoms with E-state index >= 15 is 0 Å². The van der Waals surface area contributed by atoms with Crippen LogP contribution in [0.2, 0.25) is 0 Å². The minimum absolute atomic E-state index is 0.0202. The third-order valence-corrected chi connectivity index (χ3v) is 7.36. The van der Waals surface area contributed by atoms with Crippen molar-refractivity contribution in [1.82, 2.24) is 9.80 Å². The van der Waals surface area contributed by atoms with Gasteiger partial charge in [0.05, 0.1) is 6.61 Å². The number of ether oxygens (including phenoxy) is 2. The molecule has 0 saturated carbocycles. The highest BCUT2D eigenvalue weighted by Gasteiger charge is 2.42. The lowest BCUT2D eigenvalue weighted by Gasteiger charge is -2.39. The van der Waals surface area contributed by atoms with Crippen LogP contribution >= 0.6 is 0 Å². The number of nitrogens with zero attached hydrogens (tertiary/aromatic N) is 2. The summed E-state index contributed by atoms with van der Waals surface area (Å²) in [6, 6.07) is 15.0. The summed E-state index contributed by atoms with van der Waals surface area (Å²) in [5.41, 5.74) is 2.06. The van der Waals surface area contributed by atoms with Crippen LogP contribution < -0.4 is 9.47 Å². The Labute approximate surface area is 219 Å². The molecule has 37 heavy (non-hydrogen) atoms. The second kappa shape index (κ2) is 12.1. The quantitative estimate of drug-likeness (QED) is 0.301. The Morgan fingerprint density at radius 2 is 1.62 bits per heavy atom. The minimum atomic E-state index is -0.346. The molecule has 0 unspecified atom stereocenters. The summed E-state index contributed by atoms with van der Waals surface area (Å²) in [7, 11) is 0. The monoisotopic (exact) mass is 504 g/mol. The molecule has 2 aromatic carbocycles. The number of esters is 1. The topological polar surface area (TPSA) is 76.2 Å². The third kappa shape index (κ3) is 7.00. The van der Waals surface area contributed by atoms with Crippen molar-refractivity contribution in [1.29, 1.82) is 0 Å². The van der Waals surface area contributed by atoms with E-state index in [9.17, 15) is 14.4 Å². The number of aryl methyl sites for hydroxylation is 1. The van der Waals surface area contributed by atoms with Gasteiger partial charge >= 0.3 is 5.97 Å². The van der Waals surface area contributed by atoms with E-state index in [1.54, 1.807) is 18.2 Å². The zero-order chi connectivity index (χ0) is 26.3. The van der Waals surface area contributed by atoms with Crippen LogP contribution in [0.5, 0.6) is 11.5 Å². The lowest BCUT2D eigenvalue weighted by molar-refractivity contribution is -0.132. The molecule has 2 aliphatic heterocycles. The predicted molar refractivity (Wildman–Crippen MR) is 142 cm³/mol. The fourth-order valence-corrected chi connectivity index (χ4v) is 5.23. The zero-order valence-corrected chi connectivity index (χ0v) is 21.8. The maximum absolute atomic E-state index is 12.9. The summed E-state index contributed by atoms with van der Waals surface area (Å²) in [6.45, 7) is 6.89. The molecule has 0 atom stereocenters. The molecule has 0 radical (unpaired) electrons. The number of para-hydroxylation sites is 1. The molecule has 2 saturated heterocycles. The molecule has 2 heterocycles. The SMILES string of the molecule is CCOc1ccccc1/C=C/C(=O)N1CCC2(CC1)CCN(C(=O)CCc1ccc(OC(C)=O)cc1)C2. The fraction of sp³-hybridized carbons (Fsp3) is 0.433. The van der Waals surface area contributed by atoms with Gasteiger partial charge in [-0.3, -0.25) is 14.4 Å². The van der Waals surface area contributed by atoms with Crippen molar-refractivity contribution >= 4 is 23.9 Å². The van der Waals surface area contributed by atoms with Gasteiger partial charge in [-0.2, -0.15) is 0 Å². The van der Waals surface area contributed by atoms with Crippen molar-refractivity contribution in [2.45, 2.75) is 46.0 Å². The maximum atomic E-state index is 12.9. The molecule has 0 N–H and O–H groups in total. The van der Waals surface area contributed by atoms with Crippen LogP contribution in [0.15, 0.2) is 54.6 Å². The van der Waals surface area contributed by atoms with E-state index in [0.29, 0.717) is 38.3 Å². The molecule has 2 amide bonds. The Balaban J connectivity index is 1.23. The predicted octanol–water partition coefficient (Wildman–Crippen LogP) is 4.50. The summed E-state index contributed by atoms with van der Waals surface area (Å²) >= 11 is 0. The lowest BCUT2D eigenvalue weighted by Crippen LogP contribution is -2.44. The number of carbonyl (C=O) groups excluding carboxylic acids is 3. The number of piperidine rings is 1. The largest absolute Gasteiger partial charge is 0.493 e. The van der Waals surface area contributed by atoms with Gasteiger partial charge < -0.3 is 19.3 Å². The van der Waals surface area contributed by atoms with Gasteiger partial charge in [0.1, 0.15) is 11.5 Å². The Kier molecular flexibility index (Phi) is 8.64. The van der Waals surface area contributed by atoms with Crippen molar-refractivity contribution in [2.75, 3.05) is 32.8 Å². The molecule has 1 spiro atoms. The molecular formula is C30H36N2O5. The van der Waals surface area contributed by atoms with Crippen LogP contribution in [-0.2, 0) is 20.8 Å². The van der Waals surface area contributed by atoms with E-state index < -0.39 is 0 Å². The standard InChI is InChI=1S/C30H36N2O5/c1-3-36-27-7-5-4-6-25(27)11-15-28(34)31-19-16-30(17-20-31)18-21-32(22-30)29(35)14-10-24-8-12-26(13-9-24)37-23(2)33/h4-9,11-13,15H,3,10,14,16-22H2,1-2H3/b15-11+. The molecular weight excluding hydrogens is 468 g/mol. The van der Waals surface area contributed by atoms with Gasteiger partial charge in [-0.1, -0.05) is 30.3 Å². The van der Waals surface area contributed by atoms with Gasteiger partial charge in [-0.15, -0.1) is 0 Å². The average molecular weight is 505 g/mol. The van der Waals surface area contributed by atoms with Gasteiger partial charge in [0.25, 0.3) is 0 Å². The number of carbonyl (C=O) groups is 3. The van der Waals surface area contributed by atoms with Crippen LogP contribution in [0.4, 0.5) is 0 Å². The number of hydrogen-bond donors (Lipinski definition) is 0. The number of hydrogen-bond acceptors (Lipinski definition) is 5. The fourth-order valence-electron chi connectivity index (χ4n) is 5.23. The Morgan fingerprint density at radius 1 is 0.946 bits per heavy atom. The van der Waals surface area contributed by atoms with E-state index in [1.807, 2.05) is 59.2 Å². The van der Waals surface area contributed by atoms with Crippen molar-refractivity contribution in [3.63, 3.8) is 0 Å². The van der Waals surface area contributed by atoms with Gasteiger partial charge in [0, 0.05) is 51.2 Å². The second-order valence-corrected chi connectivity index (χ2v) is 9.93. The maximum Gasteiger partial charge on any atom is 0.308 e. The molecule has 2 aliphatic rings. The summed E-state index contributed by atoms with van der Waals surface area (Å²) in [6.07, 6.45) is 7.42. The summed E-state index contributed by atoms with van der Waals surface area (Å²) in [5, 5.41) is 0. The molecule has 0 aliphatic carbocycles. The first kappa shape index (κ1) is 26.5. The molecule has 0 aromatic heterocycles. The first-order valence-electron chi connectivity index (χ1n) is 13.1. The van der Waals surface area contributed by atoms with Crippen LogP contribution in [0, 0.1) is 5.41 Å². The highest BCUT2D eigenvalue weighted by Crippen LogP contribution is 2.40. The first-order chi connectivity index (χ1) is 17.9. The highest BCUT2D eigenvalue weighted by atomic mass is 16.5.